The Morgan fingerprint density at radius 3 is 3.09 bits per heavy atom. The molecule has 124 valence electrons. The van der Waals surface area contributed by atoms with Crippen LogP contribution in [0.15, 0.2) is 18.2 Å². The van der Waals surface area contributed by atoms with Crippen molar-refractivity contribution >= 4 is 0 Å². The number of fused-ring (bicyclic) bond motifs is 1. The summed E-state index contributed by atoms with van der Waals surface area (Å²) >= 11 is 0. The van der Waals surface area contributed by atoms with Crippen LogP contribution in [-0.2, 0) is 13.6 Å². The van der Waals surface area contributed by atoms with Crippen molar-refractivity contribution in [1.82, 2.24) is 15.1 Å². The lowest BCUT2D eigenvalue weighted by Gasteiger charge is -2.18. The number of rotatable bonds is 4. The minimum Gasteiger partial charge on any atom is -0.493 e. The van der Waals surface area contributed by atoms with Gasteiger partial charge in [0.2, 0.25) is 5.88 Å². The summed E-state index contributed by atoms with van der Waals surface area (Å²) in [5.74, 6) is 1.27. The van der Waals surface area contributed by atoms with E-state index in [-0.39, 0.29) is 11.9 Å². The van der Waals surface area contributed by atoms with Gasteiger partial charge in [-0.15, -0.1) is 0 Å². The second-order valence-electron chi connectivity index (χ2n) is 5.80. The van der Waals surface area contributed by atoms with Gasteiger partial charge in [0.15, 0.2) is 0 Å². The zero-order valence-corrected chi connectivity index (χ0v) is 13.7. The number of hydrogen-bond acceptors (Lipinski definition) is 4. The maximum atomic E-state index is 13.6. The Morgan fingerprint density at radius 1 is 1.48 bits per heavy atom. The SMILES string of the molecule is COc1c(CN[C@@H]2CCCOc3ccc(F)cc32)c(C)nn1C. The van der Waals surface area contributed by atoms with E-state index >= 15 is 0 Å². The van der Waals surface area contributed by atoms with Crippen LogP contribution in [0.25, 0.3) is 0 Å². The van der Waals surface area contributed by atoms with E-state index in [1.54, 1.807) is 23.9 Å². The zero-order chi connectivity index (χ0) is 16.4. The number of hydrogen-bond donors (Lipinski definition) is 1. The van der Waals surface area contributed by atoms with E-state index in [1.807, 2.05) is 14.0 Å². The molecule has 0 unspecified atom stereocenters. The summed E-state index contributed by atoms with van der Waals surface area (Å²) < 4.78 is 26.5. The van der Waals surface area contributed by atoms with Crippen molar-refractivity contribution in [2.24, 2.45) is 7.05 Å². The van der Waals surface area contributed by atoms with Crippen LogP contribution in [0, 0.1) is 12.7 Å². The number of nitrogens with zero attached hydrogens (tertiary/aromatic N) is 2. The Hall–Kier alpha value is -2.08. The summed E-state index contributed by atoms with van der Waals surface area (Å²) in [6.45, 7) is 3.23. The van der Waals surface area contributed by atoms with Crippen molar-refractivity contribution in [2.75, 3.05) is 13.7 Å². The van der Waals surface area contributed by atoms with Gasteiger partial charge in [-0.3, -0.25) is 0 Å². The molecule has 1 aliphatic rings. The second-order valence-corrected chi connectivity index (χ2v) is 5.80. The molecule has 1 aliphatic heterocycles. The van der Waals surface area contributed by atoms with Crippen LogP contribution in [0.4, 0.5) is 4.39 Å². The van der Waals surface area contributed by atoms with Crippen molar-refractivity contribution in [1.29, 1.82) is 0 Å². The van der Waals surface area contributed by atoms with Gasteiger partial charge in [-0.25, -0.2) is 9.07 Å². The van der Waals surface area contributed by atoms with Crippen LogP contribution < -0.4 is 14.8 Å². The zero-order valence-electron chi connectivity index (χ0n) is 13.7. The summed E-state index contributed by atoms with van der Waals surface area (Å²) in [5.41, 5.74) is 2.84. The normalized spacial score (nSPS) is 17.3. The van der Waals surface area contributed by atoms with Gasteiger partial charge in [0.1, 0.15) is 11.6 Å². The van der Waals surface area contributed by atoms with Gasteiger partial charge in [0.25, 0.3) is 0 Å². The van der Waals surface area contributed by atoms with E-state index < -0.39 is 0 Å². The third-order valence-electron chi connectivity index (χ3n) is 4.25. The third-order valence-corrected chi connectivity index (χ3v) is 4.25. The molecule has 5 nitrogen and oxygen atoms in total. The molecule has 1 N–H and O–H groups in total. The molecule has 1 atom stereocenters. The van der Waals surface area contributed by atoms with Crippen LogP contribution in [0.1, 0.15) is 35.7 Å². The molecule has 1 aromatic carbocycles. The van der Waals surface area contributed by atoms with Crippen molar-refractivity contribution in [2.45, 2.75) is 32.4 Å². The molecule has 0 saturated heterocycles. The van der Waals surface area contributed by atoms with Gasteiger partial charge in [-0.1, -0.05) is 0 Å². The van der Waals surface area contributed by atoms with E-state index in [0.29, 0.717) is 13.2 Å². The molecular weight excluding hydrogens is 297 g/mol. The molecule has 23 heavy (non-hydrogen) atoms. The lowest BCUT2D eigenvalue weighted by molar-refractivity contribution is 0.314. The highest BCUT2D eigenvalue weighted by Gasteiger charge is 2.22. The Kier molecular flexibility index (Phi) is 4.52. The Bertz CT molecular complexity index is 699. The van der Waals surface area contributed by atoms with Gasteiger partial charge in [0, 0.05) is 25.2 Å². The Labute approximate surface area is 135 Å². The number of halogens is 1. The summed E-state index contributed by atoms with van der Waals surface area (Å²) in [5, 5.41) is 7.90. The molecule has 1 aromatic heterocycles. The molecule has 0 amide bonds. The number of ether oxygens (including phenoxy) is 2. The first-order valence-electron chi connectivity index (χ1n) is 7.82. The van der Waals surface area contributed by atoms with Gasteiger partial charge in [-0.05, 0) is 38.0 Å². The van der Waals surface area contributed by atoms with Crippen molar-refractivity contribution < 1.29 is 13.9 Å². The average molecular weight is 319 g/mol. The van der Waals surface area contributed by atoms with Gasteiger partial charge in [-0.2, -0.15) is 5.10 Å². The van der Waals surface area contributed by atoms with E-state index in [1.165, 1.54) is 6.07 Å². The highest BCUT2D eigenvalue weighted by Crippen LogP contribution is 2.33. The lowest BCUT2D eigenvalue weighted by Crippen LogP contribution is -2.21. The molecule has 3 rings (SSSR count). The monoisotopic (exact) mass is 319 g/mol. The highest BCUT2D eigenvalue weighted by atomic mass is 19.1. The summed E-state index contributed by atoms with van der Waals surface area (Å²) in [4.78, 5) is 0. The molecule has 0 radical (unpaired) electrons. The standard InChI is InChI=1S/C17H22FN3O2/c1-11-14(17(22-3)21(2)20-11)10-19-15-5-4-8-23-16-7-6-12(18)9-13(15)16/h6-7,9,15,19H,4-5,8,10H2,1-3H3/t15-/m1/s1. The molecule has 0 saturated carbocycles. The van der Waals surface area contributed by atoms with E-state index in [4.69, 9.17) is 9.47 Å². The van der Waals surface area contributed by atoms with E-state index in [2.05, 4.69) is 10.4 Å². The van der Waals surface area contributed by atoms with Crippen LogP contribution in [0.5, 0.6) is 11.6 Å². The van der Waals surface area contributed by atoms with Crippen molar-refractivity contribution in [3.8, 4) is 11.6 Å². The fourth-order valence-corrected chi connectivity index (χ4v) is 3.13. The minimum atomic E-state index is -0.240. The summed E-state index contributed by atoms with van der Waals surface area (Å²) in [7, 11) is 3.50. The number of nitrogens with one attached hydrogen (secondary N) is 1. The van der Waals surface area contributed by atoms with Crippen molar-refractivity contribution in [3.05, 3.63) is 40.8 Å². The molecular formula is C17H22FN3O2. The fraction of sp³-hybridized carbons (Fsp3) is 0.471. The predicted octanol–water partition coefficient (Wildman–Crippen LogP) is 2.88. The average Bonchev–Trinajstić information content (AvgIpc) is 2.69. The molecule has 2 heterocycles. The summed E-state index contributed by atoms with van der Waals surface area (Å²) in [6, 6.07) is 4.76. The Morgan fingerprint density at radius 2 is 2.30 bits per heavy atom. The number of benzene rings is 1. The van der Waals surface area contributed by atoms with Gasteiger partial charge in [0.05, 0.1) is 25.0 Å². The predicted molar refractivity (Wildman–Crippen MR) is 85.2 cm³/mol. The topological polar surface area (TPSA) is 48.3 Å². The number of aryl methyl sites for hydroxylation is 2. The molecule has 0 spiro atoms. The maximum Gasteiger partial charge on any atom is 0.216 e. The first kappa shape index (κ1) is 15.8. The number of aromatic nitrogens is 2. The van der Waals surface area contributed by atoms with Crippen molar-refractivity contribution in [3.63, 3.8) is 0 Å². The first-order chi connectivity index (χ1) is 11.1. The molecule has 2 aromatic rings. The second kappa shape index (κ2) is 6.58. The molecule has 6 heteroatoms. The quantitative estimate of drug-likeness (QED) is 0.941. The lowest BCUT2D eigenvalue weighted by atomic mass is 10.0. The maximum absolute atomic E-state index is 13.6. The fourth-order valence-electron chi connectivity index (χ4n) is 3.13. The smallest absolute Gasteiger partial charge is 0.216 e. The van der Waals surface area contributed by atoms with Crippen LogP contribution in [0.3, 0.4) is 0 Å². The van der Waals surface area contributed by atoms with E-state index in [9.17, 15) is 4.39 Å². The highest BCUT2D eigenvalue weighted by molar-refractivity contribution is 5.38. The largest absolute Gasteiger partial charge is 0.493 e. The van der Waals surface area contributed by atoms with Gasteiger partial charge < -0.3 is 14.8 Å². The minimum absolute atomic E-state index is 0.0486. The van der Waals surface area contributed by atoms with E-state index in [0.717, 1.165) is 41.3 Å². The molecule has 0 fully saturated rings. The van der Waals surface area contributed by atoms with Crippen LogP contribution >= 0.6 is 0 Å². The third kappa shape index (κ3) is 3.17. The first-order valence-corrected chi connectivity index (χ1v) is 7.82. The Balaban J connectivity index is 1.82. The molecule has 0 aliphatic carbocycles. The number of methoxy groups -OCH3 is 1. The molecule has 0 bridgehead atoms. The summed E-state index contributed by atoms with van der Waals surface area (Å²) in [6.07, 6.45) is 1.83. The van der Waals surface area contributed by atoms with Crippen LogP contribution in [-0.4, -0.2) is 23.5 Å². The van der Waals surface area contributed by atoms with Gasteiger partial charge >= 0.3 is 0 Å². The van der Waals surface area contributed by atoms with Crippen LogP contribution in [0.2, 0.25) is 0 Å².